The lowest BCUT2D eigenvalue weighted by atomic mass is 10.0. The number of hydrogen-bond donors (Lipinski definition) is 1. The second kappa shape index (κ2) is 5.12. The molecule has 0 spiro atoms. The molecule has 0 unspecified atom stereocenters. The molecule has 0 radical (unpaired) electrons. The Hall–Kier alpha value is -1.32. The first kappa shape index (κ1) is 11.8. The zero-order valence-corrected chi connectivity index (χ0v) is 11.2. The third-order valence-electron chi connectivity index (χ3n) is 3.47. The molecule has 94 valence electrons. The van der Waals surface area contributed by atoms with Crippen molar-refractivity contribution < 1.29 is 0 Å². The fourth-order valence-electron chi connectivity index (χ4n) is 2.58. The van der Waals surface area contributed by atoms with Gasteiger partial charge in [0, 0.05) is 28.5 Å². The van der Waals surface area contributed by atoms with Crippen molar-refractivity contribution in [2.45, 2.75) is 25.9 Å². The molecule has 0 aliphatic carbocycles. The van der Waals surface area contributed by atoms with E-state index in [1.807, 2.05) is 11.3 Å². The van der Waals surface area contributed by atoms with Gasteiger partial charge < -0.3 is 10.6 Å². The maximum Gasteiger partial charge on any atom is 0.0523 e. The Labute approximate surface area is 112 Å². The number of para-hydroxylation sites is 1. The number of nitrogens with two attached hydrogens (primary N) is 1. The monoisotopic (exact) mass is 258 g/mol. The van der Waals surface area contributed by atoms with Gasteiger partial charge in [-0.3, -0.25) is 0 Å². The highest BCUT2D eigenvalue weighted by Crippen LogP contribution is 2.29. The predicted molar refractivity (Wildman–Crippen MR) is 78.0 cm³/mol. The molecule has 1 aromatic carbocycles. The molecule has 3 rings (SSSR count). The van der Waals surface area contributed by atoms with Crippen LogP contribution in [0.1, 0.15) is 21.7 Å². The molecule has 0 saturated heterocycles. The molecule has 0 saturated carbocycles. The summed E-state index contributed by atoms with van der Waals surface area (Å²) >= 11 is 1.83. The third-order valence-corrected chi connectivity index (χ3v) is 4.56. The van der Waals surface area contributed by atoms with E-state index >= 15 is 0 Å². The molecule has 2 heterocycles. The lowest BCUT2D eigenvalue weighted by Crippen LogP contribution is -2.28. The van der Waals surface area contributed by atoms with Gasteiger partial charge in [0.15, 0.2) is 0 Å². The van der Waals surface area contributed by atoms with Gasteiger partial charge in [-0.25, -0.2) is 0 Å². The number of hydrogen-bond acceptors (Lipinski definition) is 3. The van der Waals surface area contributed by atoms with Crippen molar-refractivity contribution in [1.82, 2.24) is 0 Å². The van der Waals surface area contributed by atoms with E-state index in [0.29, 0.717) is 6.54 Å². The van der Waals surface area contributed by atoms with Crippen molar-refractivity contribution >= 4 is 17.0 Å². The molecule has 2 N–H and O–H groups in total. The number of benzene rings is 1. The fraction of sp³-hybridized carbons (Fsp3) is 0.333. The molecule has 3 heteroatoms. The average Bonchev–Trinajstić information content (AvgIpc) is 2.87. The van der Waals surface area contributed by atoms with E-state index in [1.54, 1.807) is 0 Å². The summed E-state index contributed by atoms with van der Waals surface area (Å²) in [4.78, 5) is 5.17. The fourth-order valence-corrected chi connectivity index (χ4v) is 3.49. The number of rotatable bonds is 3. The lowest BCUT2D eigenvalue weighted by Gasteiger charge is -2.30. The number of anilines is 1. The Bertz CT molecular complexity index is 533. The maximum atomic E-state index is 5.67. The summed E-state index contributed by atoms with van der Waals surface area (Å²) in [5, 5.41) is 0. The van der Waals surface area contributed by atoms with Gasteiger partial charge >= 0.3 is 0 Å². The van der Waals surface area contributed by atoms with Crippen molar-refractivity contribution in [2.24, 2.45) is 5.73 Å². The van der Waals surface area contributed by atoms with Crippen LogP contribution < -0.4 is 10.6 Å². The van der Waals surface area contributed by atoms with Gasteiger partial charge in [-0.15, -0.1) is 11.3 Å². The van der Waals surface area contributed by atoms with Gasteiger partial charge in [-0.1, -0.05) is 18.2 Å². The average molecular weight is 258 g/mol. The van der Waals surface area contributed by atoms with Gasteiger partial charge in [0.25, 0.3) is 0 Å². The summed E-state index contributed by atoms with van der Waals surface area (Å²) in [5.41, 5.74) is 8.56. The standard InChI is InChI=1S/C15H18N2S/c16-10-13-7-8-14(18-13)11-17-9-3-5-12-4-1-2-6-15(12)17/h1-2,4,6-8H,3,5,9-11,16H2. The molecule has 1 aliphatic rings. The molecule has 1 aliphatic heterocycles. The van der Waals surface area contributed by atoms with Crippen molar-refractivity contribution in [3.8, 4) is 0 Å². The van der Waals surface area contributed by atoms with Crippen LogP contribution in [0.4, 0.5) is 5.69 Å². The summed E-state index contributed by atoms with van der Waals surface area (Å²) in [6.07, 6.45) is 2.47. The highest BCUT2D eigenvalue weighted by molar-refractivity contribution is 7.12. The van der Waals surface area contributed by atoms with Crippen molar-refractivity contribution in [2.75, 3.05) is 11.4 Å². The Morgan fingerprint density at radius 1 is 1.11 bits per heavy atom. The van der Waals surface area contributed by atoms with Gasteiger partial charge in [0.05, 0.1) is 6.54 Å². The van der Waals surface area contributed by atoms with Crippen LogP contribution in [0, 0.1) is 0 Å². The van der Waals surface area contributed by atoms with Crippen LogP contribution in [-0.2, 0) is 19.5 Å². The van der Waals surface area contributed by atoms with E-state index in [4.69, 9.17) is 5.73 Å². The van der Waals surface area contributed by atoms with E-state index in [-0.39, 0.29) is 0 Å². The third kappa shape index (κ3) is 2.28. The largest absolute Gasteiger partial charge is 0.366 e. The predicted octanol–water partition coefficient (Wildman–Crippen LogP) is 3.16. The Balaban J connectivity index is 1.81. The molecule has 1 aromatic heterocycles. The van der Waals surface area contributed by atoms with Crippen molar-refractivity contribution in [3.05, 3.63) is 51.7 Å². The lowest BCUT2D eigenvalue weighted by molar-refractivity contribution is 0.695. The summed E-state index contributed by atoms with van der Waals surface area (Å²) in [7, 11) is 0. The van der Waals surface area contributed by atoms with Gasteiger partial charge in [-0.05, 0) is 36.6 Å². The number of thiophene rings is 1. The topological polar surface area (TPSA) is 29.3 Å². The van der Waals surface area contributed by atoms with Crippen molar-refractivity contribution in [3.63, 3.8) is 0 Å². The van der Waals surface area contributed by atoms with Gasteiger partial charge in [0.1, 0.15) is 0 Å². The van der Waals surface area contributed by atoms with Crippen LogP contribution >= 0.6 is 11.3 Å². The second-order valence-corrected chi connectivity index (χ2v) is 5.98. The first-order valence-corrected chi connectivity index (χ1v) is 7.29. The van der Waals surface area contributed by atoms with Crippen LogP contribution in [0.25, 0.3) is 0 Å². The summed E-state index contributed by atoms with van der Waals surface area (Å²) < 4.78 is 0. The van der Waals surface area contributed by atoms with Crippen LogP contribution in [0.5, 0.6) is 0 Å². The number of fused-ring (bicyclic) bond motifs is 1. The van der Waals surface area contributed by atoms with Crippen LogP contribution in [0.15, 0.2) is 36.4 Å². The first-order valence-electron chi connectivity index (χ1n) is 6.47. The SMILES string of the molecule is NCc1ccc(CN2CCCc3ccccc32)s1. The van der Waals surface area contributed by atoms with E-state index < -0.39 is 0 Å². The minimum absolute atomic E-state index is 0.654. The van der Waals surface area contributed by atoms with Gasteiger partial charge in [-0.2, -0.15) is 0 Å². The number of nitrogens with zero attached hydrogens (tertiary/aromatic N) is 1. The molecule has 2 aromatic rings. The Morgan fingerprint density at radius 3 is 2.78 bits per heavy atom. The zero-order chi connectivity index (χ0) is 12.4. The summed E-state index contributed by atoms with van der Waals surface area (Å²) in [6.45, 7) is 2.83. The van der Waals surface area contributed by atoms with Crippen LogP contribution in [0.2, 0.25) is 0 Å². The molecular weight excluding hydrogens is 240 g/mol. The van der Waals surface area contributed by atoms with E-state index in [1.165, 1.54) is 33.8 Å². The first-order chi connectivity index (χ1) is 8.86. The molecule has 2 nitrogen and oxygen atoms in total. The normalized spacial score (nSPS) is 14.6. The molecule has 0 bridgehead atoms. The molecule has 0 fully saturated rings. The highest BCUT2D eigenvalue weighted by atomic mass is 32.1. The van der Waals surface area contributed by atoms with E-state index in [0.717, 1.165) is 13.1 Å². The minimum Gasteiger partial charge on any atom is -0.366 e. The molecule has 0 atom stereocenters. The quantitative estimate of drug-likeness (QED) is 0.916. The Morgan fingerprint density at radius 2 is 1.94 bits per heavy atom. The molecule has 0 amide bonds. The van der Waals surface area contributed by atoms with Crippen molar-refractivity contribution in [1.29, 1.82) is 0 Å². The van der Waals surface area contributed by atoms with Crippen LogP contribution in [-0.4, -0.2) is 6.54 Å². The number of aryl methyl sites for hydroxylation is 1. The van der Waals surface area contributed by atoms with E-state index in [9.17, 15) is 0 Å². The van der Waals surface area contributed by atoms with Gasteiger partial charge in [0.2, 0.25) is 0 Å². The maximum absolute atomic E-state index is 5.67. The Kier molecular flexibility index (Phi) is 3.35. The molecule has 18 heavy (non-hydrogen) atoms. The summed E-state index contributed by atoms with van der Waals surface area (Å²) in [5.74, 6) is 0. The minimum atomic E-state index is 0.654. The second-order valence-electron chi connectivity index (χ2n) is 4.73. The smallest absolute Gasteiger partial charge is 0.0523 e. The molecular formula is C15H18N2S. The van der Waals surface area contributed by atoms with Crippen LogP contribution in [0.3, 0.4) is 0 Å². The van der Waals surface area contributed by atoms with E-state index in [2.05, 4.69) is 41.3 Å². The highest BCUT2D eigenvalue weighted by Gasteiger charge is 2.16. The summed E-state index contributed by atoms with van der Waals surface area (Å²) in [6, 6.07) is 13.1. The zero-order valence-electron chi connectivity index (χ0n) is 10.4.